The fraction of sp³-hybridized carbons (Fsp3) is 0.500. The third kappa shape index (κ3) is 3.48. The van der Waals surface area contributed by atoms with Crippen molar-refractivity contribution in [3.63, 3.8) is 0 Å². The van der Waals surface area contributed by atoms with Crippen LogP contribution in [0.3, 0.4) is 0 Å². The van der Waals surface area contributed by atoms with Crippen molar-refractivity contribution in [2.75, 3.05) is 31.1 Å². The molecule has 1 aromatic carbocycles. The number of piperazine rings is 1. The summed E-state index contributed by atoms with van der Waals surface area (Å²) in [6.45, 7) is 6.67. The Morgan fingerprint density at radius 2 is 1.64 bits per heavy atom. The molecule has 1 aliphatic carbocycles. The van der Waals surface area contributed by atoms with Crippen LogP contribution in [0.2, 0.25) is 0 Å². The molecule has 148 valence electrons. The SMILES string of the molecule is Cc1cc(C)nc(N2CCN(C(=O)C3(c4cccc(F)c4)CCCC3)CC2)n1. The quantitative estimate of drug-likeness (QED) is 0.816. The first-order valence-corrected chi connectivity index (χ1v) is 10.1. The van der Waals surface area contributed by atoms with E-state index in [0.717, 1.165) is 48.6 Å². The van der Waals surface area contributed by atoms with Crippen LogP contribution in [-0.2, 0) is 10.2 Å². The number of nitrogens with zero attached hydrogens (tertiary/aromatic N) is 4. The van der Waals surface area contributed by atoms with Crippen molar-refractivity contribution < 1.29 is 9.18 Å². The van der Waals surface area contributed by atoms with E-state index in [1.807, 2.05) is 30.9 Å². The minimum absolute atomic E-state index is 0.150. The Labute approximate surface area is 165 Å². The molecule has 2 fully saturated rings. The van der Waals surface area contributed by atoms with Gasteiger partial charge in [0.1, 0.15) is 5.82 Å². The maximum Gasteiger partial charge on any atom is 0.233 e. The summed E-state index contributed by atoms with van der Waals surface area (Å²) >= 11 is 0. The van der Waals surface area contributed by atoms with E-state index >= 15 is 0 Å². The first-order valence-electron chi connectivity index (χ1n) is 10.1. The van der Waals surface area contributed by atoms with Gasteiger partial charge < -0.3 is 9.80 Å². The Kier molecular flexibility index (Phi) is 5.04. The van der Waals surface area contributed by atoms with Crippen LogP contribution in [0, 0.1) is 19.7 Å². The van der Waals surface area contributed by atoms with Gasteiger partial charge in [0.15, 0.2) is 0 Å². The minimum Gasteiger partial charge on any atom is -0.338 e. The van der Waals surface area contributed by atoms with E-state index in [0.29, 0.717) is 26.2 Å². The molecule has 1 aliphatic heterocycles. The first kappa shape index (κ1) is 18.8. The highest BCUT2D eigenvalue weighted by Gasteiger charge is 2.45. The third-order valence-electron chi connectivity index (χ3n) is 6.06. The zero-order valence-electron chi connectivity index (χ0n) is 16.6. The Morgan fingerprint density at radius 1 is 1.00 bits per heavy atom. The smallest absolute Gasteiger partial charge is 0.233 e. The van der Waals surface area contributed by atoms with Crippen molar-refractivity contribution in [3.05, 3.63) is 53.1 Å². The average molecular weight is 382 g/mol. The number of anilines is 1. The van der Waals surface area contributed by atoms with E-state index in [4.69, 9.17) is 0 Å². The van der Waals surface area contributed by atoms with Gasteiger partial charge >= 0.3 is 0 Å². The molecule has 1 aromatic heterocycles. The number of benzene rings is 1. The fourth-order valence-corrected chi connectivity index (χ4v) is 4.65. The summed E-state index contributed by atoms with van der Waals surface area (Å²) < 4.78 is 13.9. The summed E-state index contributed by atoms with van der Waals surface area (Å²) in [5, 5.41) is 0. The fourth-order valence-electron chi connectivity index (χ4n) is 4.65. The van der Waals surface area contributed by atoms with Crippen LogP contribution >= 0.6 is 0 Å². The van der Waals surface area contributed by atoms with Crippen LogP contribution in [0.4, 0.5) is 10.3 Å². The lowest BCUT2D eigenvalue weighted by atomic mass is 9.77. The number of carbonyl (C=O) groups excluding carboxylic acids is 1. The lowest BCUT2D eigenvalue weighted by Gasteiger charge is -2.40. The summed E-state index contributed by atoms with van der Waals surface area (Å²) in [6.07, 6.45) is 3.63. The summed E-state index contributed by atoms with van der Waals surface area (Å²) in [4.78, 5) is 26.7. The second-order valence-electron chi connectivity index (χ2n) is 8.03. The van der Waals surface area contributed by atoms with Gasteiger partial charge in [0.25, 0.3) is 0 Å². The topological polar surface area (TPSA) is 49.3 Å². The van der Waals surface area contributed by atoms with Crippen molar-refractivity contribution in [1.82, 2.24) is 14.9 Å². The van der Waals surface area contributed by atoms with E-state index < -0.39 is 5.41 Å². The van der Waals surface area contributed by atoms with Crippen molar-refractivity contribution in [3.8, 4) is 0 Å². The van der Waals surface area contributed by atoms with E-state index in [-0.39, 0.29) is 11.7 Å². The van der Waals surface area contributed by atoms with Gasteiger partial charge in [-0.05, 0) is 50.5 Å². The second-order valence-corrected chi connectivity index (χ2v) is 8.03. The largest absolute Gasteiger partial charge is 0.338 e. The van der Waals surface area contributed by atoms with E-state index in [9.17, 15) is 9.18 Å². The number of aromatic nitrogens is 2. The van der Waals surface area contributed by atoms with Crippen LogP contribution in [0.25, 0.3) is 0 Å². The maximum absolute atomic E-state index is 13.9. The lowest BCUT2D eigenvalue weighted by molar-refractivity contribution is -0.137. The molecule has 6 heteroatoms. The van der Waals surface area contributed by atoms with E-state index in [1.54, 1.807) is 12.1 Å². The Morgan fingerprint density at radius 3 is 2.25 bits per heavy atom. The van der Waals surface area contributed by atoms with Gasteiger partial charge in [-0.15, -0.1) is 0 Å². The van der Waals surface area contributed by atoms with Crippen LogP contribution in [0.1, 0.15) is 42.6 Å². The predicted octanol–water partition coefficient (Wildman–Crippen LogP) is 3.39. The molecular formula is C22H27FN4O. The van der Waals surface area contributed by atoms with Gasteiger partial charge in [0.2, 0.25) is 11.9 Å². The number of hydrogen-bond donors (Lipinski definition) is 0. The molecule has 0 atom stereocenters. The van der Waals surface area contributed by atoms with Crippen molar-refractivity contribution in [1.29, 1.82) is 0 Å². The van der Waals surface area contributed by atoms with Crippen molar-refractivity contribution >= 4 is 11.9 Å². The Bertz CT molecular complexity index is 850. The van der Waals surface area contributed by atoms with Crippen LogP contribution < -0.4 is 4.90 Å². The molecule has 0 bridgehead atoms. The molecule has 2 aliphatic rings. The number of hydrogen-bond acceptors (Lipinski definition) is 4. The Hall–Kier alpha value is -2.50. The maximum atomic E-state index is 13.9. The van der Waals surface area contributed by atoms with Gasteiger partial charge in [-0.2, -0.15) is 0 Å². The molecule has 0 N–H and O–H groups in total. The summed E-state index contributed by atoms with van der Waals surface area (Å²) in [6, 6.07) is 8.58. The first-order chi connectivity index (χ1) is 13.5. The Balaban J connectivity index is 1.51. The molecule has 2 heterocycles. The van der Waals surface area contributed by atoms with Gasteiger partial charge in [-0.25, -0.2) is 14.4 Å². The zero-order chi connectivity index (χ0) is 19.7. The average Bonchev–Trinajstić information content (AvgIpc) is 3.18. The molecule has 1 amide bonds. The summed E-state index contributed by atoms with van der Waals surface area (Å²) in [7, 11) is 0. The van der Waals surface area contributed by atoms with Crippen LogP contribution in [-0.4, -0.2) is 47.0 Å². The third-order valence-corrected chi connectivity index (χ3v) is 6.06. The normalized spacial score (nSPS) is 19.1. The summed E-state index contributed by atoms with van der Waals surface area (Å²) in [5.41, 5.74) is 2.17. The monoisotopic (exact) mass is 382 g/mol. The number of halogens is 1. The molecule has 2 aromatic rings. The molecule has 28 heavy (non-hydrogen) atoms. The lowest BCUT2D eigenvalue weighted by Crippen LogP contribution is -2.54. The standard InChI is InChI=1S/C22H27FN4O/c1-16-14-17(2)25-21(24-16)27-12-10-26(11-13-27)20(28)22(8-3-4-9-22)18-6-5-7-19(23)15-18/h5-7,14-15H,3-4,8-13H2,1-2H3. The molecule has 0 unspecified atom stereocenters. The van der Waals surface area contributed by atoms with Gasteiger partial charge in [0, 0.05) is 37.6 Å². The van der Waals surface area contributed by atoms with Gasteiger partial charge in [-0.1, -0.05) is 25.0 Å². The second kappa shape index (κ2) is 7.49. The van der Waals surface area contributed by atoms with Gasteiger partial charge in [0.05, 0.1) is 5.41 Å². The molecule has 1 saturated carbocycles. The summed E-state index contributed by atoms with van der Waals surface area (Å²) in [5.74, 6) is 0.621. The number of amides is 1. The van der Waals surface area contributed by atoms with E-state index in [1.165, 1.54) is 6.07 Å². The molecule has 4 rings (SSSR count). The van der Waals surface area contributed by atoms with Crippen LogP contribution in [0.15, 0.2) is 30.3 Å². The molecule has 0 radical (unpaired) electrons. The minimum atomic E-state index is -0.569. The highest BCUT2D eigenvalue weighted by molar-refractivity contribution is 5.89. The van der Waals surface area contributed by atoms with Gasteiger partial charge in [-0.3, -0.25) is 4.79 Å². The van der Waals surface area contributed by atoms with Crippen molar-refractivity contribution in [2.24, 2.45) is 0 Å². The highest BCUT2D eigenvalue weighted by Crippen LogP contribution is 2.43. The highest BCUT2D eigenvalue weighted by atomic mass is 19.1. The molecule has 5 nitrogen and oxygen atoms in total. The number of rotatable bonds is 3. The predicted molar refractivity (Wildman–Crippen MR) is 107 cm³/mol. The van der Waals surface area contributed by atoms with Crippen molar-refractivity contribution in [2.45, 2.75) is 44.9 Å². The van der Waals surface area contributed by atoms with E-state index in [2.05, 4.69) is 14.9 Å². The molecule has 1 saturated heterocycles. The number of aryl methyl sites for hydroxylation is 2. The zero-order valence-corrected chi connectivity index (χ0v) is 16.6. The molecule has 0 spiro atoms. The van der Waals surface area contributed by atoms with Crippen LogP contribution in [0.5, 0.6) is 0 Å². The molecular weight excluding hydrogens is 355 g/mol. The number of carbonyl (C=O) groups is 1.